The zero-order valence-electron chi connectivity index (χ0n) is 11.0. The van der Waals surface area contributed by atoms with Crippen molar-refractivity contribution < 1.29 is 14.0 Å². The molecular formula is C13H15FN4O2. The molecule has 0 aliphatic rings. The molecule has 0 atom stereocenters. The molecule has 0 spiro atoms. The van der Waals surface area contributed by atoms with Crippen LogP contribution in [0.2, 0.25) is 0 Å². The van der Waals surface area contributed by atoms with Gasteiger partial charge in [-0.2, -0.15) is 5.10 Å². The molecule has 0 aliphatic heterocycles. The minimum atomic E-state index is -0.606. The van der Waals surface area contributed by atoms with Crippen LogP contribution < -0.4 is 5.32 Å². The van der Waals surface area contributed by atoms with Gasteiger partial charge in [0, 0.05) is 19.8 Å². The van der Waals surface area contributed by atoms with E-state index in [1.165, 1.54) is 11.9 Å². The van der Waals surface area contributed by atoms with E-state index in [1.54, 1.807) is 35.1 Å². The molecule has 2 amide bonds. The van der Waals surface area contributed by atoms with Gasteiger partial charge in [-0.25, -0.2) is 8.91 Å². The predicted octanol–water partition coefficient (Wildman–Crippen LogP) is 0.492. The monoisotopic (exact) mass is 278 g/mol. The Morgan fingerprint density at radius 1 is 1.45 bits per heavy atom. The maximum absolute atomic E-state index is 12.1. The molecule has 0 bridgehead atoms. The van der Waals surface area contributed by atoms with Crippen LogP contribution in [0.15, 0.2) is 30.6 Å². The van der Waals surface area contributed by atoms with Crippen LogP contribution in [0.3, 0.4) is 0 Å². The van der Waals surface area contributed by atoms with Crippen LogP contribution >= 0.6 is 0 Å². The third kappa shape index (κ3) is 2.93. The van der Waals surface area contributed by atoms with Crippen molar-refractivity contribution in [1.29, 1.82) is 0 Å². The van der Waals surface area contributed by atoms with Gasteiger partial charge < -0.3 is 10.2 Å². The quantitative estimate of drug-likeness (QED) is 0.865. The second-order valence-electron chi connectivity index (χ2n) is 4.27. The molecule has 2 heterocycles. The Bertz CT molecular complexity index is 626. The number of amides is 2. The Morgan fingerprint density at radius 3 is 3.00 bits per heavy atom. The van der Waals surface area contributed by atoms with Crippen molar-refractivity contribution in [3.8, 4) is 0 Å². The van der Waals surface area contributed by atoms with E-state index in [0.717, 1.165) is 0 Å². The van der Waals surface area contributed by atoms with Gasteiger partial charge in [-0.1, -0.05) is 0 Å². The van der Waals surface area contributed by atoms with Crippen molar-refractivity contribution in [2.24, 2.45) is 0 Å². The molecule has 2 aromatic rings. The highest BCUT2D eigenvalue weighted by molar-refractivity contribution is 6.02. The fraction of sp³-hybridized carbons (Fsp3) is 0.308. The standard InChI is InChI=1S/C13H15FN4O2/c1-17(8-5-14)12(19)9-15-13(20)10-3-2-7-18-11(10)4-6-16-18/h2-4,6-7H,5,8-9H2,1H3,(H,15,20). The lowest BCUT2D eigenvalue weighted by Gasteiger charge is -2.15. The maximum atomic E-state index is 12.1. The van der Waals surface area contributed by atoms with E-state index in [1.807, 2.05) is 0 Å². The number of halogens is 1. The van der Waals surface area contributed by atoms with Crippen LogP contribution in [-0.4, -0.2) is 53.1 Å². The Labute approximate surface area is 115 Å². The third-order valence-corrected chi connectivity index (χ3v) is 2.93. The second-order valence-corrected chi connectivity index (χ2v) is 4.27. The molecule has 0 radical (unpaired) electrons. The van der Waals surface area contributed by atoms with Gasteiger partial charge in [0.2, 0.25) is 5.91 Å². The van der Waals surface area contributed by atoms with E-state index in [4.69, 9.17) is 0 Å². The van der Waals surface area contributed by atoms with E-state index in [2.05, 4.69) is 10.4 Å². The summed E-state index contributed by atoms with van der Waals surface area (Å²) in [4.78, 5) is 24.9. The lowest BCUT2D eigenvalue weighted by atomic mass is 10.2. The van der Waals surface area contributed by atoms with Crippen molar-refractivity contribution in [2.75, 3.05) is 26.8 Å². The molecule has 0 saturated carbocycles. The number of carbonyl (C=O) groups is 2. The molecule has 0 aliphatic carbocycles. The van der Waals surface area contributed by atoms with E-state index in [0.29, 0.717) is 11.1 Å². The highest BCUT2D eigenvalue weighted by Crippen LogP contribution is 2.09. The van der Waals surface area contributed by atoms with Crippen LogP contribution in [0.1, 0.15) is 10.4 Å². The van der Waals surface area contributed by atoms with Gasteiger partial charge in [0.15, 0.2) is 0 Å². The summed E-state index contributed by atoms with van der Waals surface area (Å²) >= 11 is 0. The number of fused-ring (bicyclic) bond motifs is 1. The molecule has 20 heavy (non-hydrogen) atoms. The molecule has 0 saturated heterocycles. The first-order valence-corrected chi connectivity index (χ1v) is 6.14. The molecule has 0 aromatic carbocycles. The highest BCUT2D eigenvalue weighted by Gasteiger charge is 2.13. The molecule has 2 rings (SSSR count). The number of alkyl halides is 1. The first kappa shape index (κ1) is 14.0. The lowest BCUT2D eigenvalue weighted by molar-refractivity contribution is -0.128. The summed E-state index contributed by atoms with van der Waals surface area (Å²) in [7, 11) is 1.49. The van der Waals surface area contributed by atoms with Crippen molar-refractivity contribution in [1.82, 2.24) is 19.8 Å². The summed E-state index contributed by atoms with van der Waals surface area (Å²) < 4.78 is 13.7. The molecule has 106 valence electrons. The number of hydrogen-bond acceptors (Lipinski definition) is 3. The van der Waals surface area contributed by atoms with Crippen LogP contribution in [0.25, 0.3) is 5.52 Å². The summed E-state index contributed by atoms with van der Waals surface area (Å²) in [5, 5.41) is 6.56. The van der Waals surface area contributed by atoms with Gasteiger partial charge in [-0.3, -0.25) is 9.59 Å². The molecule has 1 N–H and O–H groups in total. The van der Waals surface area contributed by atoms with E-state index < -0.39 is 6.67 Å². The van der Waals surface area contributed by atoms with Gasteiger partial charge in [-0.15, -0.1) is 0 Å². The molecule has 7 heteroatoms. The van der Waals surface area contributed by atoms with E-state index in [9.17, 15) is 14.0 Å². The second kappa shape index (κ2) is 6.14. The number of likely N-dealkylation sites (N-methyl/N-ethyl adjacent to an activating group) is 1. The predicted molar refractivity (Wildman–Crippen MR) is 71.1 cm³/mol. The number of aromatic nitrogens is 2. The van der Waals surface area contributed by atoms with Gasteiger partial charge in [0.05, 0.1) is 23.8 Å². The largest absolute Gasteiger partial charge is 0.343 e. The summed E-state index contributed by atoms with van der Waals surface area (Å²) in [5.41, 5.74) is 1.10. The van der Waals surface area contributed by atoms with Gasteiger partial charge >= 0.3 is 0 Å². The Morgan fingerprint density at radius 2 is 2.25 bits per heavy atom. The first-order chi connectivity index (χ1) is 9.63. The summed E-state index contributed by atoms with van der Waals surface area (Å²) in [5.74, 6) is -0.699. The normalized spacial score (nSPS) is 10.5. The zero-order chi connectivity index (χ0) is 14.5. The molecular weight excluding hydrogens is 263 g/mol. The van der Waals surface area contributed by atoms with Crippen molar-refractivity contribution in [2.45, 2.75) is 0 Å². The van der Waals surface area contributed by atoms with Gasteiger partial charge in [0.25, 0.3) is 5.91 Å². The van der Waals surface area contributed by atoms with Crippen molar-refractivity contribution in [3.05, 3.63) is 36.2 Å². The number of nitrogens with one attached hydrogen (secondary N) is 1. The smallest absolute Gasteiger partial charge is 0.253 e. The minimum absolute atomic E-state index is 0.0207. The van der Waals surface area contributed by atoms with Crippen molar-refractivity contribution in [3.63, 3.8) is 0 Å². The summed E-state index contributed by atoms with van der Waals surface area (Å²) in [6.45, 7) is -0.747. The minimum Gasteiger partial charge on any atom is -0.343 e. The number of carbonyl (C=O) groups excluding carboxylic acids is 2. The summed E-state index contributed by atoms with van der Waals surface area (Å²) in [6.07, 6.45) is 3.32. The average Bonchev–Trinajstić information content (AvgIpc) is 2.92. The lowest BCUT2D eigenvalue weighted by Crippen LogP contribution is -2.39. The van der Waals surface area contributed by atoms with Crippen LogP contribution in [0, 0.1) is 0 Å². The third-order valence-electron chi connectivity index (χ3n) is 2.93. The fourth-order valence-electron chi connectivity index (χ4n) is 1.78. The van der Waals surface area contributed by atoms with Crippen LogP contribution in [-0.2, 0) is 4.79 Å². The van der Waals surface area contributed by atoms with Crippen molar-refractivity contribution >= 4 is 17.3 Å². The number of rotatable bonds is 5. The molecule has 0 unspecified atom stereocenters. The topological polar surface area (TPSA) is 66.7 Å². The Kier molecular flexibility index (Phi) is 4.29. The van der Waals surface area contributed by atoms with Crippen LogP contribution in [0.5, 0.6) is 0 Å². The molecule has 6 nitrogen and oxygen atoms in total. The molecule has 0 fully saturated rings. The van der Waals surface area contributed by atoms with Crippen LogP contribution in [0.4, 0.5) is 4.39 Å². The Balaban J connectivity index is 2.02. The fourth-order valence-corrected chi connectivity index (χ4v) is 1.78. The molecule has 2 aromatic heterocycles. The SMILES string of the molecule is CN(CCF)C(=O)CNC(=O)c1cccn2nccc12. The van der Waals surface area contributed by atoms with Gasteiger partial charge in [0.1, 0.15) is 6.67 Å². The Hall–Kier alpha value is -2.44. The van der Waals surface area contributed by atoms with Gasteiger partial charge in [-0.05, 0) is 18.2 Å². The van der Waals surface area contributed by atoms with E-state index >= 15 is 0 Å². The zero-order valence-corrected chi connectivity index (χ0v) is 11.0. The number of nitrogens with zero attached hydrogens (tertiary/aromatic N) is 3. The van der Waals surface area contributed by atoms with E-state index in [-0.39, 0.29) is 24.9 Å². The average molecular weight is 278 g/mol. The highest BCUT2D eigenvalue weighted by atomic mass is 19.1. The maximum Gasteiger partial charge on any atom is 0.253 e. The number of hydrogen-bond donors (Lipinski definition) is 1. The summed E-state index contributed by atoms with van der Waals surface area (Å²) in [6, 6.07) is 5.07. The number of pyridine rings is 1. The first-order valence-electron chi connectivity index (χ1n) is 6.14.